The average Bonchev–Trinajstić information content (AvgIpc) is 2.39. The molecule has 0 fully saturated rings. The molecule has 0 aliphatic heterocycles. The van der Waals surface area contributed by atoms with Crippen molar-refractivity contribution >= 4 is 10.8 Å². The quantitative estimate of drug-likeness (QED) is 0.577. The minimum Gasteiger partial charge on any atom is -0.396 e. The van der Waals surface area contributed by atoms with E-state index >= 15 is 0 Å². The van der Waals surface area contributed by atoms with Gasteiger partial charge in [0.15, 0.2) is 0 Å². The van der Waals surface area contributed by atoms with Crippen molar-refractivity contribution < 1.29 is 20.5 Å². The first kappa shape index (κ1) is 14.9. The molecule has 0 heterocycles. The zero-order valence-electron chi connectivity index (χ0n) is 10.1. The van der Waals surface area contributed by atoms with Crippen LogP contribution in [0.15, 0.2) is 42.5 Å². The van der Waals surface area contributed by atoms with Crippen LogP contribution in [0, 0.1) is 10.1 Å². The van der Waals surface area contributed by atoms with Crippen molar-refractivity contribution in [3.63, 3.8) is 0 Å². The van der Waals surface area contributed by atoms with E-state index in [1.54, 1.807) is 0 Å². The van der Waals surface area contributed by atoms with Crippen molar-refractivity contribution in [1.82, 2.24) is 0 Å². The standard InChI is InChI=1S/C13H14O2.HNO3/c14-8-13(9-15)12-6-5-10-3-1-2-4-11(10)7-12;2-1(3)4/h1-7,13-15H,8-9H2;(H,2,3,4). The first-order chi connectivity index (χ1) is 9.08. The van der Waals surface area contributed by atoms with Crippen molar-refractivity contribution in [3.05, 3.63) is 58.1 Å². The summed E-state index contributed by atoms with van der Waals surface area (Å²) in [6, 6.07) is 14.1. The van der Waals surface area contributed by atoms with Crippen LogP contribution in [0.25, 0.3) is 10.8 Å². The third kappa shape index (κ3) is 4.53. The number of rotatable bonds is 3. The van der Waals surface area contributed by atoms with E-state index in [9.17, 15) is 0 Å². The van der Waals surface area contributed by atoms with Gasteiger partial charge in [0, 0.05) is 5.92 Å². The molecule has 0 aliphatic carbocycles. The van der Waals surface area contributed by atoms with Crippen molar-refractivity contribution in [2.24, 2.45) is 0 Å². The number of aliphatic hydroxyl groups is 2. The van der Waals surface area contributed by atoms with Gasteiger partial charge in [-0.3, -0.25) is 0 Å². The summed E-state index contributed by atoms with van der Waals surface area (Å²) in [5.74, 6) is -0.172. The lowest BCUT2D eigenvalue weighted by molar-refractivity contribution is -0.742. The molecule has 102 valence electrons. The van der Waals surface area contributed by atoms with Gasteiger partial charge in [-0.15, -0.1) is 10.1 Å². The molecule has 3 N–H and O–H groups in total. The molecular weight excluding hydrogens is 250 g/mol. The molecule has 2 aromatic carbocycles. The molecular formula is C13H15NO5. The SMILES string of the molecule is O=[N+]([O-])O.OCC(CO)c1ccc2ccccc2c1. The normalized spacial score (nSPS) is 10.1. The largest absolute Gasteiger partial charge is 0.396 e. The second-order valence-electron chi connectivity index (χ2n) is 3.91. The average molecular weight is 265 g/mol. The molecule has 0 radical (unpaired) electrons. The Balaban J connectivity index is 0.000000399. The second kappa shape index (κ2) is 7.30. The Hall–Kier alpha value is -2.18. The first-order valence-electron chi connectivity index (χ1n) is 5.62. The van der Waals surface area contributed by atoms with E-state index in [1.165, 1.54) is 5.39 Å². The molecule has 0 saturated carbocycles. The summed E-state index contributed by atoms with van der Waals surface area (Å²) in [5, 5.41) is 34.1. The molecule has 0 spiro atoms. The summed E-state index contributed by atoms with van der Waals surface area (Å²) < 4.78 is 0. The number of hydrogen-bond donors (Lipinski definition) is 3. The molecule has 0 aromatic heterocycles. The molecule has 6 nitrogen and oxygen atoms in total. The van der Waals surface area contributed by atoms with Crippen molar-refractivity contribution in [2.45, 2.75) is 5.92 Å². The van der Waals surface area contributed by atoms with Gasteiger partial charge in [0.1, 0.15) is 0 Å². The summed E-state index contributed by atoms with van der Waals surface area (Å²) in [4.78, 5) is 8.36. The van der Waals surface area contributed by atoms with Crippen molar-refractivity contribution in [3.8, 4) is 0 Å². The van der Waals surface area contributed by atoms with Crippen LogP contribution in [-0.2, 0) is 0 Å². The molecule has 0 atom stereocenters. The summed E-state index contributed by atoms with van der Waals surface area (Å²) in [5.41, 5.74) is 0.985. The van der Waals surface area contributed by atoms with Gasteiger partial charge in [0.25, 0.3) is 5.09 Å². The Morgan fingerprint density at radius 2 is 1.58 bits per heavy atom. The fourth-order valence-electron chi connectivity index (χ4n) is 1.73. The zero-order chi connectivity index (χ0) is 14.3. The van der Waals surface area contributed by atoms with Crippen LogP contribution >= 0.6 is 0 Å². The Bertz CT molecular complexity index is 535. The Labute approximate surface area is 109 Å². The van der Waals surface area contributed by atoms with Crippen molar-refractivity contribution in [2.75, 3.05) is 13.2 Å². The first-order valence-corrected chi connectivity index (χ1v) is 5.62. The zero-order valence-corrected chi connectivity index (χ0v) is 10.1. The van der Waals surface area contributed by atoms with E-state index in [1.807, 2.05) is 42.5 Å². The summed E-state index contributed by atoms with van der Waals surface area (Å²) in [6.45, 7) is -0.0380. The number of benzene rings is 2. The van der Waals surface area contributed by atoms with Gasteiger partial charge in [0.05, 0.1) is 13.2 Å². The topological polar surface area (TPSA) is 104 Å². The number of aliphatic hydroxyl groups excluding tert-OH is 2. The van der Waals surface area contributed by atoms with Gasteiger partial charge in [-0.25, -0.2) is 0 Å². The van der Waals surface area contributed by atoms with Gasteiger partial charge in [0.2, 0.25) is 0 Å². The second-order valence-corrected chi connectivity index (χ2v) is 3.91. The number of hydrogen-bond acceptors (Lipinski definition) is 4. The predicted octanol–water partition coefficient (Wildman–Crippen LogP) is 1.56. The fraction of sp³-hybridized carbons (Fsp3) is 0.231. The number of fused-ring (bicyclic) bond motifs is 1. The van der Waals surface area contributed by atoms with E-state index in [-0.39, 0.29) is 19.1 Å². The van der Waals surface area contributed by atoms with Crippen LogP contribution in [0.2, 0.25) is 0 Å². The van der Waals surface area contributed by atoms with Gasteiger partial charge in [-0.2, -0.15) is 0 Å². The Morgan fingerprint density at radius 1 is 1.05 bits per heavy atom. The van der Waals surface area contributed by atoms with Gasteiger partial charge in [-0.05, 0) is 16.3 Å². The molecule has 0 unspecified atom stereocenters. The molecule has 19 heavy (non-hydrogen) atoms. The maximum atomic E-state index is 9.09. The van der Waals surface area contributed by atoms with Gasteiger partial charge >= 0.3 is 0 Å². The molecule has 2 aromatic rings. The fourth-order valence-corrected chi connectivity index (χ4v) is 1.73. The molecule has 0 aliphatic rings. The van der Waals surface area contributed by atoms with E-state index in [4.69, 9.17) is 25.5 Å². The van der Waals surface area contributed by atoms with Gasteiger partial charge in [-0.1, -0.05) is 42.5 Å². The minimum atomic E-state index is -1.50. The van der Waals surface area contributed by atoms with Crippen LogP contribution in [0.5, 0.6) is 0 Å². The highest BCUT2D eigenvalue weighted by Gasteiger charge is 2.08. The Kier molecular flexibility index (Phi) is 5.72. The minimum absolute atomic E-state index is 0.0190. The molecule has 6 heteroatoms. The lowest BCUT2D eigenvalue weighted by Crippen LogP contribution is -2.08. The van der Waals surface area contributed by atoms with Crippen LogP contribution < -0.4 is 0 Å². The Morgan fingerprint density at radius 3 is 2.11 bits per heavy atom. The summed E-state index contributed by atoms with van der Waals surface area (Å²) in [6.07, 6.45) is 0. The molecule has 2 rings (SSSR count). The van der Waals surface area contributed by atoms with Crippen LogP contribution in [0.1, 0.15) is 11.5 Å². The van der Waals surface area contributed by atoms with Crippen molar-refractivity contribution in [1.29, 1.82) is 0 Å². The summed E-state index contributed by atoms with van der Waals surface area (Å²) >= 11 is 0. The molecule has 0 bridgehead atoms. The third-order valence-corrected chi connectivity index (χ3v) is 2.69. The molecule has 0 saturated heterocycles. The maximum absolute atomic E-state index is 9.09. The van der Waals surface area contributed by atoms with E-state index in [0.29, 0.717) is 0 Å². The predicted molar refractivity (Wildman–Crippen MR) is 69.6 cm³/mol. The third-order valence-electron chi connectivity index (χ3n) is 2.69. The van der Waals surface area contributed by atoms with Crippen LogP contribution in [0.3, 0.4) is 0 Å². The van der Waals surface area contributed by atoms with E-state index < -0.39 is 5.09 Å². The smallest absolute Gasteiger partial charge is 0.291 e. The highest BCUT2D eigenvalue weighted by atomic mass is 16.9. The lowest BCUT2D eigenvalue weighted by Gasteiger charge is -2.11. The maximum Gasteiger partial charge on any atom is 0.291 e. The van der Waals surface area contributed by atoms with E-state index in [2.05, 4.69) is 0 Å². The highest BCUT2D eigenvalue weighted by Crippen LogP contribution is 2.21. The highest BCUT2D eigenvalue weighted by molar-refractivity contribution is 5.83. The summed E-state index contributed by atoms with van der Waals surface area (Å²) in [7, 11) is 0. The monoisotopic (exact) mass is 265 g/mol. The number of nitrogens with zero attached hydrogens (tertiary/aromatic N) is 1. The van der Waals surface area contributed by atoms with Crippen LogP contribution in [-0.4, -0.2) is 33.7 Å². The molecule has 0 amide bonds. The van der Waals surface area contributed by atoms with Gasteiger partial charge < -0.3 is 15.4 Å². The van der Waals surface area contributed by atoms with Crippen LogP contribution in [0.4, 0.5) is 0 Å². The van der Waals surface area contributed by atoms with E-state index in [0.717, 1.165) is 10.9 Å². The lowest BCUT2D eigenvalue weighted by atomic mass is 9.98.